The van der Waals surface area contributed by atoms with Crippen molar-refractivity contribution in [3.05, 3.63) is 41.4 Å². The third kappa shape index (κ3) is 2.66. The van der Waals surface area contributed by atoms with Gasteiger partial charge in [-0.3, -0.25) is 4.79 Å². The predicted octanol–water partition coefficient (Wildman–Crippen LogP) is 1.79. The van der Waals surface area contributed by atoms with Crippen molar-refractivity contribution in [3.8, 4) is 5.75 Å². The van der Waals surface area contributed by atoms with Gasteiger partial charge in [0, 0.05) is 17.1 Å². The molecule has 0 unspecified atom stereocenters. The maximum Gasteiger partial charge on any atom is 0.247 e. The van der Waals surface area contributed by atoms with Gasteiger partial charge < -0.3 is 15.8 Å². The Bertz CT molecular complexity index is 528. The zero-order chi connectivity index (χ0) is 13.0. The van der Waals surface area contributed by atoms with Crippen molar-refractivity contribution < 1.29 is 9.53 Å². The fraction of sp³-hybridized carbons (Fsp3) is 0.167. The number of hydrogen-bond acceptors (Lipinski definition) is 5. The number of amides is 1. The van der Waals surface area contributed by atoms with Crippen LogP contribution in [0.5, 0.6) is 5.75 Å². The van der Waals surface area contributed by atoms with Crippen LogP contribution in [0.1, 0.15) is 11.6 Å². The summed E-state index contributed by atoms with van der Waals surface area (Å²) in [6, 6.07) is 6.39. The number of hydrogen-bond donors (Lipinski definition) is 2. The maximum absolute atomic E-state index is 12.0. The first-order chi connectivity index (χ1) is 8.72. The summed E-state index contributed by atoms with van der Waals surface area (Å²) in [5.74, 6) is 0.286. The maximum atomic E-state index is 12.0. The highest BCUT2D eigenvalue weighted by atomic mass is 32.1. The second-order valence-electron chi connectivity index (χ2n) is 3.55. The molecule has 0 aliphatic heterocycles. The van der Waals surface area contributed by atoms with E-state index in [2.05, 4.69) is 10.3 Å². The van der Waals surface area contributed by atoms with Crippen LogP contribution < -0.4 is 15.8 Å². The normalized spacial score (nSPS) is 11.9. The molecule has 18 heavy (non-hydrogen) atoms. The molecule has 0 saturated heterocycles. The molecule has 1 heterocycles. The molecule has 0 aliphatic rings. The summed E-state index contributed by atoms with van der Waals surface area (Å²) in [7, 11) is 1.55. The van der Waals surface area contributed by atoms with E-state index in [4.69, 9.17) is 10.5 Å². The first-order valence-electron chi connectivity index (χ1n) is 5.31. The number of nitrogens with one attached hydrogen (secondary N) is 1. The van der Waals surface area contributed by atoms with E-state index in [-0.39, 0.29) is 5.91 Å². The molecule has 3 N–H and O–H groups in total. The summed E-state index contributed by atoms with van der Waals surface area (Å²) in [6.45, 7) is 0. The first-order valence-corrected chi connectivity index (χ1v) is 6.19. The van der Waals surface area contributed by atoms with Crippen LogP contribution in [0.25, 0.3) is 0 Å². The summed E-state index contributed by atoms with van der Waals surface area (Å²) < 4.78 is 5.18. The number of methoxy groups -OCH3 is 1. The average molecular weight is 263 g/mol. The molecule has 1 aromatic heterocycles. The second-order valence-corrected chi connectivity index (χ2v) is 4.44. The van der Waals surface area contributed by atoms with E-state index in [1.54, 1.807) is 30.8 Å². The zero-order valence-electron chi connectivity index (χ0n) is 9.79. The molecular weight excluding hydrogens is 250 g/mol. The third-order valence-corrected chi connectivity index (χ3v) is 3.11. The van der Waals surface area contributed by atoms with Gasteiger partial charge >= 0.3 is 0 Å². The number of anilines is 1. The van der Waals surface area contributed by atoms with Crippen molar-refractivity contribution in [3.63, 3.8) is 0 Å². The topological polar surface area (TPSA) is 77.2 Å². The van der Waals surface area contributed by atoms with Gasteiger partial charge in [0.15, 0.2) is 5.13 Å². The second kappa shape index (κ2) is 5.61. The number of nitrogens with zero attached hydrogens (tertiary/aromatic N) is 1. The molecule has 2 aromatic rings. The lowest BCUT2D eigenvalue weighted by Gasteiger charge is -2.14. The Kier molecular flexibility index (Phi) is 3.91. The Balaban J connectivity index is 2.15. The standard InChI is InChI=1S/C12H13N3O2S/c1-17-9-5-3-2-4-8(9)10(13)11(16)15-12-14-6-7-18-12/h2-7,10H,13H2,1H3,(H,14,15,16)/t10-/m1/s1. The molecule has 1 aromatic carbocycles. The monoisotopic (exact) mass is 263 g/mol. The highest BCUT2D eigenvalue weighted by Gasteiger charge is 2.19. The molecule has 2 rings (SSSR count). The summed E-state index contributed by atoms with van der Waals surface area (Å²) in [6.07, 6.45) is 1.62. The van der Waals surface area contributed by atoms with Gasteiger partial charge in [0.1, 0.15) is 11.8 Å². The lowest BCUT2D eigenvalue weighted by atomic mass is 10.1. The Morgan fingerprint density at radius 2 is 2.28 bits per heavy atom. The Labute approximate surface area is 109 Å². The van der Waals surface area contributed by atoms with E-state index in [0.717, 1.165) is 0 Å². The van der Waals surface area contributed by atoms with Crippen LogP contribution in [0, 0.1) is 0 Å². The number of thiazole rings is 1. The van der Waals surface area contributed by atoms with Gasteiger partial charge in [-0.25, -0.2) is 4.98 Å². The Morgan fingerprint density at radius 3 is 2.94 bits per heavy atom. The highest BCUT2D eigenvalue weighted by Crippen LogP contribution is 2.24. The molecule has 6 heteroatoms. The smallest absolute Gasteiger partial charge is 0.247 e. The van der Waals surface area contributed by atoms with E-state index < -0.39 is 6.04 Å². The summed E-state index contributed by atoms with van der Waals surface area (Å²) in [4.78, 5) is 15.9. The van der Waals surface area contributed by atoms with Gasteiger partial charge in [-0.1, -0.05) is 18.2 Å². The average Bonchev–Trinajstić information content (AvgIpc) is 2.90. The van der Waals surface area contributed by atoms with Crippen LogP contribution in [0.15, 0.2) is 35.8 Å². The molecule has 5 nitrogen and oxygen atoms in total. The molecule has 0 fully saturated rings. The first kappa shape index (κ1) is 12.5. The van der Waals surface area contributed by atoms with E-state index >= 15 is 0 Å². The van der Waals surface area contributed by atoms with Crippen LogP contribution in [0.4, 0.5) is 5.13 Å². The van der Waals surface area contributed by atoms with Gasteiger partial charge in [-0.05, 0) is 6.07 Å². The van der Waals surface area contributed by atoms with E-state index in [0.29, 0.717) is 16.4 Å². The summed E-state index contributed by atoms with van der Waals surface area (Å²) in [5, 5.41) is 4.97. The van der Waals surface area contributed by atoms with Crippen molar-refractivity contribution in [1.29, 1.82) is 0 Å². The van der Waals surface area contributed by atoms with Crippen molar-refractivity contribution in [2.24, 2.45) is 5.73 Å². The van der Waals surface area contributed by atoms with Crippen LogP contribution in [-0.2, 0) is 4.79 Å². The minimum Gasteiger partial charge on any atom is -0.496 e. The highest BCUT2D eigenvalue weighted by molar-refractivity contribution is 7.13. The molecule has 0 saturated carbocycles. The van der Waals surface area contributed by atoms with E-state index in [9.17, 15) is 4.79 Å². The molecule has 1 amide bonds. The number of benzene rings is 1. The molecule has 1 atom stereocenters. The summed E-state index contributed by atoms with van der Waals surface area (Å²) in [5.41, 5.74) is 6.56. The van der Waals surface area contributed by atoms with Crippen LogP contribution in [0.2, 0.25) is 0 Å². The van der Waals surface area contributed by atoms with Crippen molar-refractivity contribution in [2.75, 3.05) is 12.4 Å². The van der Waals surface area contributed by atoms with Crippen LogP contribution in [-0.4, -0.2) is 18.0 Å². The summed E-state index contributed by atoms with van der Waals surface area (Å²) >= 11 is 1.34. The number of nitrogens with two attached hydrogens (primary N) is 1. The molecule has 0 spiro atoms. The molecule has 94 valence electrons. The number of carbonyl (C=O) groups excluding carboxylic acids is 1. The van der Waals surface area contributed by atoms with Gasteiger partial charge in [-0.15, -0.1) is 11.3 Å². The molecule has 0 aliphatic carbocycles. The number of rotatable bonds is 4. The van der Waals surface area contributed by atoms with Crippen LogP contribution in [0.3, 0.4) is 0 Å². The lowest BCUT2D eigenvalue weighted by Crippen LogP contribution is -2.28. The number of para-hydroxylation sites is 1. The van der Waals surface area contributed by atoms with Gasteiger partial charge in [0.05, 0.1) is 7.11 Å². The number of ether oxygens (including phenoxy) is 1. The zero-order valence-corrected chi connectivity index (χ0v) is 10.6. The molecular formula is C12H13N3O2S. The minimum absolute atomic E-state index is 0.311. The van der Waals surface area contributed by atoms with E-state index in [1.165, 1.54) is 11.3 Å². The fourth-order valence-corrected chi connectivity index (χ4v) is 2.06. The molecule has 0 bridgehead atoms. The molecule has 0 radical (unpaired) electrons. The quantitative estimate of drug-likeness (QED) is 0.881. The predicted molar refractivity (Wildman–Crippen MR) is 70.7 cm³/mol. The van der Waals surface area contributed by atoms with Gasteiger partial charge in [0.25, 0.3) is 0 Å². The van der Waals surface area contributed by atoms with Gasteiger partial charge in [0.2, 0.25) is 5.91 Å². The van der Waals surface area contributed by atoms with E-state index in [1.807, 2.05) is 12.1 Å². The number of aromatic nitrogens is 1. The van der Waals surface area contributed by atoms with Crippen molar-refractivity contribution in [2.45, 2.75) is 6.04 Å². The Morgan fingerprint density at radius 1 is 1.50 bits per heavy atom. The fourth-order valence-electron chi connectivity index (χ4n) is 1.53. The van der Waals surface area contributed by atoms with Crippen molar-refractivity contribution in [1.82, 2.24) is 4.98 Å². The van der Waals surface area contributed by atoms with Gasteiger partial charge in [-0.2, -0.15) is 0 Å². The third-order valence-electron chi connectivity index (χ3n) is 2.42. The SMILES string of the molecule is COc1ccccc1[C@@H](N)C(=O)Nc1nccs1. The largest absolute Gasteiger partial charge is 0.496 e. The van der Waals surface area contributed by atoms with Crippen LogP contribution >= 0.6 is 11.3 Å². The lowest BCUT2D eigenvalue weighted by molar-refractivity contribution is -0.117. The minimum atomic E-state index is -0.787. The Hall–Kier alpha value is -1.92. The number of carbonyl (C=O) groups is 1. The van der Waals surface area contributed by atoms with Crippen molar-refractivity contribution >= 4 is 22.4 Å².